The van der Waals surface area contributed by atoms with Crippen LogP contribution in [-0.4, -0.2) is 54.2 Å². The van der Waals surface area contributed by atoms with Crippen molar-refractivity contribution in [2.24, 2.45) is 0 Å². The number of aliphatic hydroxyl groups excluding tert-OH is 1. The van der Waals surface area contributed by atoms with Gasteiger partial charge in [0.1, 0.15) is 11.8 Å². The molecule has 1 aromatic carbocycles. The van der Waals surface area contributed by atoms with E-state index in [1.807, 2.05) is 6.92 Å². The minimum Gasteiger partial charge on any atom is -0.494 e. The molecule has 128 valence electrons. The van der Waals surface area contributed by atoms with Gasteiger partial charge in [-0.2, -0.15) is 4.31 Å². The summed E-state index contributed by atoms with van der Waals surface area (Å²) < 4.78 is 31.5. The molecule has 0 aromatic heterocycles. The van der Waals surface area contributed by atoms with Crippen LogP contribution < -0.4 is 4.74 Å². The number of hydrogen-bond acceptors (Lipinski definition) is 5. The van der Waals surface area contributed by atoms with Crippen LogP contribution >= 0.6 is 0 Å². The van der Waals surface area contributed by atoms with E-state index in [1.165, 1.54) is 12.1 Å². The van der Waals surface area contributed by atoms with E-state index in [1.54, 1.807) is 12.1 Å². The third kappa shape index (κ3) is 4.01. The Labute approximate surface area is 135 Å². The highest BCUT2D eigenvalue weighted by Gasteiger charge is 2.43. The maximum Gasteiger partial charge on any atom is 0.322 e. The van der Waals surface area contributed by atoms with Crippen LogP contribution in [0, 0.1) is 0 Å². The lowest BCUT2D eigenvalue weighted by atomic mass is 10.2. The van der Waals surface area contributed by atoms with E-state index in [-0.39, 0.29) is 17.9 Å². The summed E-state index contributed by atoms with van der Waals surface area (Å²) in [6, 6.07) is 4.63. The first kappa shape index (κ1) is 17.7. The Morgan fingerprint density at radius 2 is 2.00 bits per heavy atom. The summed E-state index contributed by atoms with van der Waals surface area (Å²) in [6.45, 7) is 2.39. The SMILES string of the molecule is CCCCOc1ccc(S(=O)(=O)N2C[C@H](O)C[C@@H]2C(=O)O)cc1. The number of nitrogens with zero attached hydrogens (tertiary/aromatic N) is 1. The first-order chi connectivity index (χ1) is 10.9. The Hall–Kier alpha value is -1.64. The van der Waals surface area contributed by atoms with Gasteiger partial charge in [0.05, 0.1) is 17.6 Å². The normalized spacial score (nSPS) is 22.2. The van der Waals surface area contributed by atoms with Crippen LogP contribution in [0.1, 0.15) is 26.2 Å². The summed E-state index contributed by atoms with van der Waals surface area (Å²) >= 11 is 0. The molecule has 7 nitrogen and oxygen atoms in total. The van der Waals surface area contributed by atoms with Gasteiger partial charge in [0.2, 0.25) is 10.0 Å². The van der Waals surface area contributed by atoms with Gasteiger partial charge in [0.25, 0.3) is 0 Å². The molecule has 0 unspecified atom stereocenters. The zero-order valence-electron chi connectivity index (χ0n) is 12.9. The molecule has 0 amide bonds. The van der Waals surface area contributed by atoms with Crippen molar-refractivity contribution in [2.45, 2.75) is 43.2 Å². The number of sulfonamides is 1. The van der Waals surface area contributed by atoms with Gasteiger partial charge >= 0.3 is 5.97 Å². The average Bonchev–Trinajstić information content (AvgIpc) is 2.91. The molecule has 0 saturated carbocycles. The van der Waals surface area contributed by atoms with Gasteiger partial charge in [0.15, 0.2) is 0 Å². The molecule has 1 aromatic rings. The van der Waals surface area contributed by atoms with Crippen LogP contribution in [-0.2, 0) is 14.8 Å². The van der Waals surface area contributed by atoms with Crippen molar-refractivity contribution in [2.75, 3.05) is 13.2 Å². The van der Waals surface area contributed by atoms with Crippen molar-refractivity contribution >= 4 is 16.0 Å². The van der Waals surface area contributed by atoms with E-state index in [0.29, 0.717) is 12.4 Å². The minimum absolute atomic E-state index is 0.0132. The Morgan fingerprint density at radius 1 is 1.35 bits per heavy atom. The van der Waals surface area contributed by atoms with E-state index in [2.05, 4.69) is 0 Å². The first-order valence-corrected chi connectivity index (χ1v) is 8.96. The maximum absolute atomic E-state index is 12.6. The Kier molecular flexibility index (Phi) is 5.61. The summed E-state index contributed by atoms with van der Waals surface area (Å²) in [6.07, 6.45) is 0.835. The summed E-state index contributed by atoms with van der Waals surface area (Å²) in [5.74, 6) is -0.696. The maximum atomic E-state index is 12.6. The van der Waals surface area contributed by atoms with Crippen LogP contribution in [0.2, 0.25) is 0 Å². The zero-order valence-corrected chi connectivity index (χ0v) is 13.7. The van der Waals surface area contributed by atoms with Gasteiger partial charge in [-0.25, -0.2) is 8.42 Å². The summed E-state index contributed by atoms with van der Waals surface area (Å²) in [5.41, 5.74) is 0. The molecule has 1 aliphatic heterocycles. The molecule has 1 aliphatic rings. The van der Waals surface area contributed by atoms with E-state index < -0.39 is 28.1 Å². The second kappa shape index (κ2) is 7.29. The number of carboxylic acid groups (broad SMARTS) is 1. The molecule has 2 rings (SSSR count). The molecule has 2 N–H and O–H groups in total. The highest BCUT2D eigenvalue weighted by atomic mass is 32.2. The molecule has 0 radical (unpaired) electrons. The van der Waals surface area contributed by atoms with Crippen molar-refractivity contribution in [3.63, 3.8) is 0 Å². The molecule has 2 atom stereocenters. The number of unbranched alkanes of at least 4 members (excludes halogenated alkanes) is 1. The van der Waals surface area contributed by atoms with Crippen molar-refractivity contribution < 1.29 is 28.2 Å². The third-order valence-electron chi connectivity index (χ3n) is 3.72. The minimum atomic E-state index is -3.97. The van der Waals surface area contributed by atoms with Crippen molar-refractivity contribution in [3.05, 3.63) is 24.3 Å². The molecule has 1 saturated heterocycles. The quantitative estimate of drug-likeness (QED) is 0.718. The standard InChI is InChI=1S/C15H21NO6S/c1-2-3-8-22-12-4-6-13(7-5-12)23(20,21)16-10-11(17)9-14(16)15(18)19/h4-7,11,14,17H,2-3,8-10H2,1H3,(H,18,19)/t11-,14-/m1/s1. The van der Waals surface area contributed by atoms with Crippen molar-refractivity contribution in [1.29, 1.82) is 0 Å². The highest BCUT2D eigenvalue weighted by Crippen LogP contribution is 2.27. The molecule has 0 bridgehead atoms. The monoisotopic (exact) mass is 343 g/mol. The fraction of sp³-hybridized carbons (Fsp3) is 0.533. The van der Waals surface area contributed by atoms with Gasteiger partial charge in [-0.15, -0.1) is 0 Å². The van der Waals surface area contributed by atoms with E-state index in [4.69, 9.17) is 9.84 Å². The van der Waals surface area contributed by atoms with Crippen LogP contribution in [0.5, 0.6) is 5.75 Å². The number of β-amino-alcohol motifs (C(OH)–C–C–N with tert-alkyl or cyclic N) is 1. The second-order valence-corrected chi connectivity index (χ2v) is 7.38. The number of hydrogen-bond donors (Lipinski definition) is 2. The molecule has 23 heavy (non-hydrogen) atoms. The summed E-state index contributed by atoms with van der Waals surface area (Å²) in [7, 11) is -3.97. The molecule has 1 fully saturated rings. The van der Waals surface area contributed by atoms with E-state index >= 15 is 0 Å². The van der Waals surface area contributed by atoms with Crippen molar-refractivity contribution in [3.8, 4) is 5.75 Å². The lowest BCUT2D eigenvalue weighted by Gasteiger charge is -2.20. The number of aliphatic hydroxyl groups is 1. The number of ether oxygens (including phenoxy) is 1. The fourth-order valence-electron chi connectivity index (χ4n) is 2.45. The number of rotatable bonds is 7. The van der Waals surface area contributed by atoms with Gasteiger partial charge < -0.3 is 14.9 Å². The predicted molar refractivity (Wildman–Crippen MR) is 82.8 cm³/mol. The zero-order chi connectivity index (χ0) is 17.0. The molecular weight excluding hydrogens is 322 g/mol. The number of carboxylic acids is 1. The number of aliphatic carboxylic acids is 1. The summed E-state index contributed by atoms with van der Waals surface area (Å²) in [5, 5.41) is 18.7. The first-order valence-electron chi connectivity index (χ1n) is 7.52. The highest BCUT2D eigenvalue weighted by molar-refractivity contribution is 7.89. The topological polar surface area (TPSA) is 104 Å². The van der Waals surface area contributed by atoms with E-state index in [0.717, 1.165) is 17.1 Å². The summed E-state index contributed by atoms with van der Waals surface area (Å²) in [4.78, 5) is 11.2. The van der Waals surface area contributed by atoms with Crippen LogP contribution in [0.4, 0.5) is 0 Å². The van der Waals surface area contributed by atoms with Crippen LogP contribution in [0.15, 0.2) is 29.2 Å². The smallest absolute Gasteiger partial charge is 0.322 e. The molecule has 0 aliphatic carbocycles. The number of carbonyl (C=O) groups is 1. The molecule has 1 heterocycles. The Balaban J connectivity index is 2.17. The lowest BCUT2D eigenvalue weighted by molar-refractivity contribution is -0.140. The van der Waals surface area contributed by atoms with Gasteiger partial charge in [-0.3, -0.25) is 4.79 Å². The number of benzene rings is 1. The Bertz CT molecular complexity index is 642. The van der Waals surface area contributed by atoms with Crippen LogP contribution in [0.25, 0.3) is 0 Å². The van der Waals surface area contributed by atoms with Gasteiger partial charge in [0, 0.05) is 13.0 Å². The average molecular weight is 343 g/mol. The molecular formula is C15H21NO6S. The molecule has 0 spiro atoms. The molecule has 8 heteroatoms. The van der Waals surface area contributed by atoms with Crippen LogP contribution in [0.3, 0.4) is 0 Å². The Morgan fingerprint density at radius 3 is 2.57 bits per heavy atom. The van der Waals surface area contributed by atoms with Gasteiger partial charge in [-0.05, 0) is 30.7 Å². The van der Waals surface area contributed by atoms with E-state index in [9.17, 15) is 18.3 Å². The lowest BCUT2D eigenvalue weighted by Crippen LogP contribution is -2.40. The largest absolute Gasteiger partial charge is 0.494 e. The second-order valence-electron chi connectivity index (χ2n) is 5.49. The van der Waals surface area contributed by atoms with Gasteiger partial charge in [-0.1, -0.05) is 13.3 Å². The predicted octanol–water partition coefficient (Wildman–Crippen LogP) is 1.07. The third-order valence-corrected chi connectivity index (χ3v) is 5.60. The van der Waals surface area contributed by atoms with Crippen molar-refractivity contribution in [1.82, 2.24) is 4.31 Å². The fourth-order valence-corrected chi connectivity index (χ4v) is 4.08.